The molecule has 0 aromatic heterocycles. The third-order valence-corrected chi connectivity index (χ3v) is 5.90. The zero-order valence-corrected chi connectivity index (χ0v) is 17.7. The van der Waals surface area contributed by atoms with Gasteiger partial charge in [-0.2, -0.15) is 0 Å². The molecule has 6 nitrogen and oxygen atoms in total. The van der Waals surface area contributed by atoms with Crippen LogP contribution in [0.15, 0.2) is 30.3 Å². The van der Waals surface area contributed by atoms with Crippen LogP contribution in [0.2, 0.25) is 0 Å². The molecule has 1 aliphatic heterocycles. The van der Waals surface area contributed by atoms with Crippen LogP contribution in [0.25, 0.3) is 0 Å². The third-order valence-electron chi connectivity index (χ3n) is 5.21. The molecule has 2 rings (SSSR count). The molecule has 2 unspecified atom stereocenters. The first-order chi connectivity index (χ1) is 12.6. The number of sulfonamides is 1. The maximum atomic E-state index is 12.8. The first-order valence-corrected chi connectivity index (χ1v) is 11.5. The van der Waals surface area contributed by atoms with E-state index in [9.17, 15) is 13.2 Å². The first-order valence-electron chi connectivity index (χ1n) is 9.66. The fourth-order valence-electron chi connectivity index (χ4n) is 3.85. The van der Waals surface area contributed by atoms with Crippen molar-refractivity contribution in [1.82, 2.24) is 14.9 Å². The second-order valence-electron chi connectivity index (χ2n) is 8.27. The van der Waals surface area contributed by atoms with Gasteiger partial charge in [0, 0.05) is 25.2 Å². The summed E-state index contributed by atoms with van der Waals surface area (Å²) in [6, 6.07) is 10.1. The summed E-state index contributed by atoms with van der Waals surface area (Å²) in [6.45, 7) is 7.33. The maximum Gasteiger partial charge on any atom is 0.317 e. The Morgan fingerprint density at radius 2 is 1.93 bits per heavy atom. The Hall–Kier alpha value is -1.60. The lowest BCUT2D eigenvalue weighted by atomic mass is 9.79. The van der Waals surface area contributed by atoms with Crippen molar-refractivity contribution in [3.05, 3.63) is 35.9 Å². The molecule has 1 saturated heterocycles. The van der Waals surface area contributed by atoms with E-state index in [1.54, 1.807) is 4.90 Å². The number of carbonyl (C=O) groups excluding carboxylic acids is 1. The lowest BCUT2D eigenvalue weighted by Gasteiger charge is -2.37. The number of carbonyl (C=O) groups is 1. The molecule has 0 aliphatic carbocycles. The van der Waals surface area contributed by atoms with Crippen molar-refractivity contribution in [2.24, 2.45) is 0 Å². The molecule has 2 amide bonds. The second-order valence-corrected chi connectivity index (χ2v) is 10.1. The molecule has 2 atom stereocenters. The van der Waals surface area contributed by atoms with Gasteiger partial charge in [0.1, 0.15) is 0 Å². The zero-order valence-electron chi connectivity index (χ0n) is 16.9. The molecule has 1 aromatic carbocycles. The number of urea groups is 1. The predicted octanol–water partition coefficient (Wildman–Crippen LogP) is 2.86. The van der Waals surface area contributed by atoms with Gasteiger partial charge in [-0.05, 0) is 43.6 Å². The standard InChI is InChI=1S/C20H33N3O3S/c1-16(14-20(2,3)17-10-6-5-7-11-17)22-19(24)23-13-9-8-12-18(23)15-21-27(4,25)26/h5-7,10-11,16,18,21H,8-9,12-15H2,1-4H3,(H,22,24). The summed E-state index contributed by atoms with van der Waals surface area (Å²) in [5.74, 6) is 0. The summed E-state index contributed by atoms with van der Waals surface area (Å²) in [4.78, 5) is 14.6. The molecule has 1 aliphatic rings. The van der Waals surface area contributed by atoms with Crippen LogP contribution in [0, 0.1) is 0 Å². The van der Waals surface area contributed by atoms with Crippen LogP contribution >= 0.6 is 0 Å². The van der Waals surface area contributed by atoms with Gasteiger partial charge in [-0.3, -0.25) is 0 Å². The van der Waals surface area contributed by atoms with Gasteiger partial charge in [0.15, 0.2) is 0 Å². The van der Waals surface area contributed by atoms with E-state index in [0.29, 0.717) is 6.54 Å². The van der Waals surface area contributed by atoms with Gasteiger partial charge in [-0.1, -0.05) is 44.2 Å². The number of hydrogen-bond acceptors (Lipinski definition) is 3. The fraction of sp³-hybridized carbons (Fsp3) is 0.650. The van der Waals surface area contributed by atoms with E-state index in [1.165, 1.54) is 5.56 Å². The summed E-state index contributed by atoms with van der Waals surface area (Å²) < 4.78 is 25.3. The van der Waals surface area contributed by atoms with Crippen molar-refractivity contribution >= 4 is 16.1 Å². The summed E-state index contributed by atoms with van der Waals surface area (Å²) in [5, 5.41) is 3.11. The molecule has 0 bridgehead atoms. The maximum absolute atomic E-state index is 12.8. The molecule has 7 heteroatoms. The van der Waals surface area contributed by atoms with E-state index in [1.807, 2.05) is 25.1 Å². The van der Waals surface area contributed by atoms with Gasteiger partial charge in [0.05, 0.1) is 6.26 Å². The predicted molar refractivity (Wildman–Crippen MR) is 109 cm³/mol. The molecule has 152 valence electrons. The van der Waals surface area contributed by atoms with Crippen LogP contribution in [-0.2, 0) is 15.4 Å². The van der Waals surface area contributed by atoms with E-state index in [0.717, 1.165) is 31.9 Å². The monoisotopic (exact) mass is 395 g/mol. The number of amides is 2. The number of likely N-dealkylation sites (tertiary alicyclic amines) is 1. The average molecular weight is 396 g/mol. The Morgan fingerprint density at radius 3 is 2.56 bits per heavy atom. The van der Waals surface area contributed by atoms with Crippen molar-refractivity contribution in [1.29, 1.82) is 0 Å². The van der Waals surface area contributed by atoms with Crippen LogP contribution in [-0.4, -0.2) is 50.8 Å². The topological polar surface area (TPSA) is 78.5 Å². The number of piperidine rings is 1. The van der Waals surface area contributed by atoms with Crippen LogP contribution in [0.1, 0.15) is 52.0 Å². The Bertz CT molecular complexity index is 719. The number of rotatable bonds is 7. The molecule has 2 N–H and O–H groups in total. The van der Waals surface area contributed by atoms with Crippen molar-refractivity contribution in [2.45, 2.75) is 64.0 Å². The molecule has 0 spiro atoms. The van der Waals surface area contributed by atoms with E-state index in [2.05, 4.69) is 36.0 Å². The highest BCUT2D eigenvalue weighted by Gasteiger charge is 2.29. The summed E-state index contributed by atoms with van der Waals surface area (Å²) >= 11 is 0. The fourth-order valence-corrected chi connectivity index (χ4v) is 4.34. The third kappa shape index (κ3) is 6.81. The zero-order chi connectivity index (χ0) is 20.1. The smallest absolute Gasteiger partial charge is 0.317 e. The van der Waals surface area contributed by atoms with Crippen LogP contribution in [0.4, 0.5) is 4.79 Å². The molecule has 27 heavy (non-hydrogen) atoms. The lowest BCUT2D eigenvalue weighted by Crippen LogP contribution is -2.54. The van der Waals surface area contributed by atoms with Crippen LogP contribution < -0.4 is 10.0 Å². The highest BCUT2D eigenvalue weighted by molar-refractivity contribution is 7.88. The van der Waals surface area contributed by atoms with Crippen LogP contribution in [0.3, 0.4) is 0 Å². The highest BCUT2D eigenvalue weighted by atomic mass is 32.2. The Labute approximate surface area is 163 Å². The van der Waals surface area contributed by atoms with Gasteiger partial charge in [0.2, 0.25) is 10.0 Å². The van der Waals surface area contributed by atoms with E-state index < -0.39 is 10.0 Å². The summed E-state index contributed by atoms with van der Waals surface area (Å²) in [5.41, 5.74) is 1.20. The van der Waals surface area contributed by atoms with E-state index in [4.69, 9.17) is 0 Å². The van der Waals surface area contributed by atoms with Crippen molar-refractivity contribution in [3.8, 4) is 0 Å². The number of benzene rings is 1. The average Bonchev–Trinajstić information content (AvgIpc) is 2.59. The lowest BCUT2D eigenvalue weighted by molar-refractivity contribution is 0.148. The van der Waals surface area contributed by atoms with Gasteiger partial charge in [-0.25, -0.2) is 17.9 Å². The van der Waals surface area contributed by atoms with Crippen LogP contribution in [0.5, 0.6) is 0 Å². The number of nitrogens with zero attached hydrogens (tertiary/aromatic N) is 1. The second kappa shape index (κ2) is 9.06. The van der Waals surface area contributed by atoms with Gasteiger partial charge in [0.25, 0.3) is 0 Å². The molecular weight excluding hydrogens is 362 g/mol. The Kier molecular flexibility index (Phi) is 7.28. The van der Waals surface area contributed by atoms with Gasteiger partial charge < -0.3 is 10.2 Å². The molecule has 1 heterocycles. The van der Waals surface area contributed by atoms with E-state index in [-0.39, 0.29) is 30.1 Å². The number of nitrogens with one attached hydrogen (secondary N) is 2. The normalized spacial score (nSPS) is 19.6. The summed E-state index contributed by atoms with van der Waals surface area (Å²) in [6.07, 6.45) is 4.75. The largest absolute Gasteiger partial charge is 0.335 e. The molecule has 1 fully saturated rings. The van der Waals surface area contributed by atoms with Crippen molar-refractivity contribution in [2.75, 3.05) is 19.3 Å². The summed E-state index contributed by atoms with van der Waals surface area (Å²) in [7, 11) is -3.26. The minimum Gasteiger partial charge on any atom is -0.335 e. The van der Waals surface area contributed by atoms with Crippen molar-refractivity contribution < 1.29 is 13.2 Å². The van der Waals surface area contributed by atoms with E-state index >= 15 is 0 Å². The molecule has 0 radical (unpaired) electrons. The minimum absolute atomic E-state index is 0.0122. The minimum atomic E-state index is -3.26. The highest BCUT2D eigenvalue weighted by Crippen LogP contribution is 2.28. The number of hydrogen-bond donors (Lipinski definition) is 2. The Balaban J connectivity index is 1.95. The first kappa shape index (κ1) is 21.7. The van der Waals surface area contributed by atoms with Gasteiger partial charge >= 0.3 is 6.03 Å². The molecular formula is C20H33N3O3S. The Morgan fingerprint density at radius 1 is 1.26 bits per heavy atom. The molecule has 1 aromatic rings. The SMILES string of the molecule is CC(CC(C)(C)c1ccccc1)NC(=O)N1CCCCC1CNS(C)(=O)=O. The van der Waals surface area contributed by atoms with Gasteiger partial charge in [-0.15, -0.1) is 0 Å². The molecule has 0 saturated carbocycles. The quantitative estimate of drug-likeness (QED) is 0.745. The van der Waals surface area contributed by atoms with Crippen molar-refractivity contribution in [3.63, 3.8) is 0 Å².